The summed E-state index contributed by atoms with van der Waals surface area (Å²) in [6.45, 7) is 9.69. The number of ketones is 1. The van der Waals surface area contributed by atoms with E-state index in [1.54, 1.807) is 18.3 Å². The number of hydrogen-bond acceptors (Lipinski definition) is 2. The van der Waals surface area contributed by atoms with Crippen molar-refractivity contribution in [2.75, 3.05) is 0 Å². The third-order valence-corrected chi connectivity index (χ3v) is 5.61. The molecule has 3 rings (SSSR count). The van der Waals surface area contributed by atoms with Crippen LogP contribution in [-0.2, 0) is 6.42 Å². The largest absolute Gasteiger partial charge is 0.343 e. The van der Waals surface area contributed by atoms with Gasteiger partial charge >= 0.3 is 0 Å². The van der Waals surface area contributed by atoms with Gasteiger partial charge in [-0.05, 0) is 54.7 Å². The summed E-state index contributed by atoms with van der Waals surface area (Å²) in [7, 11) is 0. The van der Waals surface area contributed by atoms with Crippen molar-refractivity contribution in [1.29, 1.82) is 0 Å². The van der Waals surface area contributed by atoms with Crippen LogP contribution in [0.5, 0.6) is 0 Å². The van der Waals surface area contributed by atoms with Gasteiger partial charge in [0.2, 0.25) is 0 Å². The molecule has 0 saturated heterocycles. The monoisotopic (exact) mass is 415 g/mol. The van der Waals surface area contributed by atoms with Crippen molar-refractivity contribution >= 4 is 5.78 Å². The topological polar surface area (TPSA) is 39.1 Å². The van der Waals surface area contributed by atoms with Crippen molar-refractivity contribution < 1.29 is 9.18 Å². The summed E-state index contributed by atoms with van der Waals surface area (Å²) >= 11 is 0. The predicted molar refractivity (Wildman–Crippen MR) is 123 cm³/mol. The van der Waals surface area contributed by atoms with E-state index in [9.17, 15) is 14.0 Å². The summed E-state index contributed by atoms with van der Waals surface area (Å²) in [4.78, 5) is 24.9. The zero-order chi connectivity index (χ0) is 22.5. The zero-order valence-corrected chi connectivity index (χ0v) is 18.2. The van der Waals surface area contributed by atoms with Crippen molar-refractivity contribution in [1.82, 2.24) is 4.57 Å². The lowest BCUT2D eigenvalue weighted by atomic mass is 9.96. The fourth-order valence-corrected chi connectivity index (χ4v) is 3.83. The molecule has 0 spiro atoms. The standard InChI is InChI=1S/C27H26FNO2/c1-5-18-9-10-20(15-23(18)19-11-13-21(28)14-12-19)25-16-27(31)24(26(30)8-4)17-29(25)22(6-2)7-3/h8,11-17,22H,4-7H2,1-3H3. The van der Waals surface area contributed by atoms with Crippen molar-refractivity contribution in [3.05, 3.63) is 94.6 Å². The van der Waals surface area contributed by atoms with Crippen molar-refractivity contribution in [3.63, 3.8) is 0 Å². The summed E-state index contributed by atoms with van der Waals surface area (Å²) in [5, 5.41) is 0. The summed E-state index contributed by atoms with van der Waals surface area (Å²) in [5.74, 6) is -0.682. The van der Waals surface area contributed by atoms with E-state index in [-0.39, 0.29) is 28.6 Å². The van der Waals surface area contributed by atoms with Gasteiger partial charge in [-0.2, -0.15) is 0 Å². The lowest BCUT2D eigenvalue weighted by Gasteiger charge is -2.22. The molecular weight excluding hydrogens is 389 g/mol. The molecule has 0 radical (unpaired) electrons. The van der Waals surface area contributed by atoms with E-state index in [0.29, 0.717) is 11.3 Å². The first-order valence-corrected chi connectivity index (χ1v) is 10.6. The van der Waals surface area contributed by atoms with Crippen molar-refractivity contribution in [3.8, 4) is 22.4 Å². The first kappa shape index (κ1) is 22.2. The Hall–Kier alpha value is -3.45. The molecule has 3 aromatic rings. The Morgan fingerprint density at radius 2 is 1.81 bits per heavy atom. The van der Waals surface area contributed by atoms with Gasteiger partial charge < -0.3 is 4.57 Å². The molecule has 0 aliphatic carbocycles. The van der Waals surface area contributed by atoms with Gasteiger partial charge in [0.1, 0.15) is 5.82 Å². The zero-order valence-electron chi connectivity index (χ0n) is 18.2. The first-order chi connectivity index (χ1) is 14.9. The molecule has 0 aliphatic rings. The van der Waals surface area contributed by atoms with Crippen LogP contribution in [0.2, 0.25) is 0 Å². The number of pyridine rings is 1. The van der Waals surface area contributed by atoms with Gasteiger partial charge in [0.15, 0.2) is 11.2 Å². The normalized spacial score (nSPS) is 10.7. The Balaban J connectivity index is 2.26. The van der Waals surface area contributed by atoms with Crippen LogP contribution < -0.4 is 5.43 Å². The first-order valence-electron chi connectivity index (χ1n) is 10.6. The average Bonchev–Trinajstić information content (AvgIpc) is 2.80. The number of allylic oxidation sites excluding steroid dienone is 1. The molecule has 0 fully saturated rings. The average molecular weight is 416 g/mol. The molecular formula is C27H26FNO2. The van der Waals surface area contributed by atoms with Gasteiger partial charge in [0, 0.05) is 29.4 Å². The highest BCUT2D eigenvalue weighted by Crippen LogP contribution is 2.30. The van der Waals surface area contributed by atoms with Gasteiger partial charge in [0.25, 0.3) is 0 Å². The maximum atomic E-state index is 13.4. The second kappa shape index (κ2) is 9.57. The van der Waals surface area contributed by atoms with Gasteiger partial charge in [-0.25, -0.2) is 4.39 Å². The Morgan fingerprint density at radius 1 is 1.13 bits per heavy atom. The van der Waals surface area contributed by atoms with Crippen LogP contribution in [-0.4, -0.2) is 10.4 Å². The molecule has 0 aliphatic heterocycles. The number of carbonyl (C=O) groups excluding carboxylic acids is 1. The minimum Gasteiger partial charge on any atom is -0.343 e. The highest BCUT2D eigenvalue weighted by molar-refractivity contribution is 6.04. The Labute approximate surface area is 182 Å². The van der Waals surface area contributed by atoms with E-state index in [2.05, 4.69) is 32.6 Å². The number of aromatic nitrogens is 1. The van der Waals surface area contributed by atoms with Gasteiger partial charge in [0.05, 0.1) is 11.3 Å². The van der Waals surface area contributed by atoms with E-state index >= 15 is 0 Å². The Morgan fingerprint density at radius 3 is 2.39 bits per heavy atom. The molecule has 0 atom stereocenters. The Bertz CT molecular complexity index is 1150. The highest BCUT2D eigenvalue weighted by Gasteiger charge is 2.18. The predicted octanol–water partition coefficient (Wildman–Crippen LogP) is 6.21. The van der Waals surface area contributed by atoms with E-state index in [1.807, 2.05) is 17.6 Å². The van der Waals surface area contributed by atoms with Crippen LogP contribution in [0.25, 0.3) is 22.4 Å². The molecule has 4 heteroatoms. The second-order valence-electron chi connectivity index (χ2n) is 7.44. The molecule has 0 bridgehead atoms. The van der Waals surface area contributed by atoms with Crippen LogP contribution >= 0.6 is 0 Å². The van der Waals surface area contributed by atoms with Crippen LogP contribution in [0, 0.1) is 17.9 Å². The number of benzene rings is 1. The molecule has 158 valence electrons. The fraction of sp³-hybridized carbons (Fsp3) is 0.259. The van der Waals surface area contributed by atoms with Crippen molar-refractivity contribution in [2.24, 2.45) is 0 Å². The summed E-state index contributed by atoms with van der Waals surface area (Å²) in [6, 6.07) is 16.3. The summed E-state index contributed by atoms with van der Waals surface area (Å²) in [5.41, 5.74) is 3.91. The second-order valence-corrected chi connectivity index (χ2v) is 7.44. The lowest BCUT2D eigenvalue weighted by Crippen LogP contribution is -2.20. The molecule has 0 unspecified atom stereocenters. The van der Waals surface area contributed by atoms with Crippen LogP contribution in [0.15, 0.2) is 60.0 Å². The number of rotatable bonds is 8. The van der Waals surface area contributed by atoms with Crippen LogP contribution in [0.1, 0.15) is 55.6 Å². The molecule has 3 nitrogen and oxygen atoms in total. The number of halogens is 1. The number of nitrogens with zero attached hydrogens (tertiary/aromatic N) is 1. The smallest absolute Gasteiger partial charge is 0.193 e. The molecule has 0 N–H and O–H groups in total. The fourth-order valence-electron chi connectivity index (χ4n) is 3.83. The summed E-state index contributed by atoms with van der Waals surface area (Å²) in [6.07, 6.45) is 5.23. The third kappa shape index (κ3) is 4.51. The van der Waals surface area contributed by atoms with Crippen LogP contribution in [0.3, 0.4) is 0 Å². The van der Waals surface area contributed by atoms with E-state index < -0.39 is 0 Å². The molecule has 2 aromatic carbocycles. The molecule has 1 aromatic heterocycles. The minimum absolute atomic E-state index is 0.110. The number of carbonyl (C=O) groups is 1. The van der Waals surface area contributed by atoms with Gasteiger partial charge in [-0.3, -0.25) is 9.59 Å². The molecule has 0 amide bonds. The van der Waals surface area contributed by atoms with Crippen molar-refractivity contribution in [2.45, 2.75) is 46.1 Å². The SMILES string of the molecule is C=CC(=O)c1cn(C(CC)CC)c(-c2c#cc(CC)c(-c3ccc(F)cc3)c2)cc1=O. The van der Waals surface area contributed by atoms with Gasteiger partial charge in [-0.1, -0.05) is 51.6 Å². The maximum absolute atomic E-state index is 13.4. The summed E-state index contributed by atoms with van der Waals surface area (Å²) < 4.78 is 15.4. The molecule has 1 heterocycles. The van der Waals surface area contributed by atoms with E-state index in [0.717, 1.165) is 42.0 Å². The lowest BCUT2D eigenvalue weighted by molar-refractivity contribution is 0.104. The van der Waals surface area contributed by atoms with E-state index in [1.165, 1.54) is 18.2 Å². The molecule has 0 saturated carbocycles. The quantitative estimate of drug-likeness (QED) is 0.324. The molecule has 31 heavy (non-hydrogen) atoms. The highest BCUT2D eigenvalue weighted by atomic mass is 19.1. The third-order valence-electron chi connectivity index (χ3n) is 5.61. The number of hydrogen-bond donors (Lipinski definition) is 0. The maximum Gasteiger partial charge on any atom is 0.193 e. The Kier molecular flexibility index (Phi) is 6.87. The minimum atomic E-state index is -0.389. The van der Waals surface area contributed by atoms with E-state index in [4.69, 9.17) is 0 Å². The van der Waals surface area contributed by atoms with Crippen LogP contribution in [0.4, 0.5) is 4.39 Å². The van der Waals surface area contributed by atoms with Gasteiger partial charge in [-0.15, -0.1) is 0 Å².